The topological polar surface area (TPSA) is 0 Å². The second kappa shape index (κ2) is 3.28. The summed E-state index contributed by atoms with van der Waals surface area (Å²) < 4.78 is 0. The Bertz CT molecular complexity index is 544. The molecule has 20 heavy (non-hydrogen) atoms. The molecule has 110 valence electrons. The van der Waals surface area contributed by atoms with Gasteiger partial charge in [0.15, 0.2) is 0 Å². The maximum Gasteiger partial charge on any atom is -0.00186 e. The first-order chi connectivity index (χ1) is 9.13. The van der Waals surface area contributed by atoms with Crippen LogP contribution in [0.5, 0.6) is 0 Å². The van der Waals surface area contributed by atoms with Crippen LogP contribution in [0.15, 0.2) is 23.3 Å². The second-order valence-corrected chi connectivity index (χ2v) is 9.61. The Morgan fingerprint density at radius 3 is 2.00 bits per heavy atom. The Morgan fingerprint density at radius 2 is 1.60 bits per heavy atom. The van der Waals surface area contributed by atoms with Gasteiger partial charge in [0.05, 0.1) is 0 Å². The van der Waals surface area contributed by atoms with Gasteiger partial charge in [0.2, 0.25) is 0 Å². The fourth-order valence-corrected chi connectivity index (χ4v) is 6.15. The Balaban J connectivity index is 1.81. The molecule has 0 unspecified atom stereocenters. The quantitative estimate of drug-likeness (QED) is 0.569. The summed E-state index contributed by atoms with van der Waals surface area (Å²) in [6.07, 6.45) is 11.0. The predicted molar refractivity (Wildman–Crippen MR) is 85.4 cm³/mol. The molecule has 0 aromatic carbocycles. The first-order valence-corrected chi connectivity index (χ1v) is 8.59. The Hall–Kier alpha value is -0.520. The van der Waals surface area contributed by atoms with Crippen molar-refractivity contribution in [3.05, 3.63) is 23.3 Å². The lowest BCUT2D eigenvalue weighted by Gasteiger charge is -2.40. The maximum atomic E-state index is 2.69. The van der Waals surface area contributed by atoms with Crippen LogP contribution in [0, 0.1) is 33.5 Å². The highest BCUT2D eigenvalue weighted by Gasteiger charge is 2.62. The molecule has 0 heterocycles. The molecule has 0 nitrogen and oxygen atoms in total. The minimum Gasteiger partial charge on any atom is -0.0768 e. The maximum absolute atomic E-state index is 2.69. The van der Waals surface area contributed by atoms with Gasteiger partial charge in [-0.15, -0.1) is 0 Å². The molecule has 0 spiro atoms. The largest absolute Gasteiger partial charge is 0.0768 e. The predicted octanol–water partition coefficient (Wildman–Crippen LogP) is 5.75. The third-order valence-electron chi connectivity index (χ3n) is 8.72. The molecule has 0 amide bonds. The van der Waals surface area contributed by atoms with Gasteiger partial charge in [0, 0.05) is 0 Å². The van der Waals surface area contributed by atoms with Gasteiger partial charge in [0.25, 0.3) is 0 Å². The highest BCUT2D eigenvalue weighted by molar-refractivity contribution is 5.51. The standard InChI is InChI=1S/C20H30/c1-17(2)13-7-10-20(17,6)16(11-13)14-12-19(5)9-8-15(14)18(19,3)4/h11-13,15H,7-10H2,1-6H3/t13-,15+,19-,20+/m1/s1. The average Bonchev–Trinajstić information content (AvgIpc) is 2.87. The SMILES string of the molecule is CC1(C)[C@H]2CC[C@]1(C)C=C2C1=C[C@H]2CC[C@]1(C)C2(C)C. The van der Waals surface area contributed by atoms with E-state index >= 15 is 0 Å². The lowest BCUT2D eigenvalue weighted by molar-refractivity contribution is 0.164. The van der Waals surface area contributed by atoms with Crippen LogP contribution >= 0.6 is 0 Å². The first kappa shape index (κ1) is 13.2. The minimum absolute atomic E-state index is 0.431. The fraction of sp³-hybridized carbons (Fsp3) is 0.800. The monoisotopic (exact) mass is 270 g/mol. The lowest BCUT2D eigenvalue weighted by Crippen LogP contribution is -2.32. The highest BCUT2D eigenvalue weighted by Crippen LogP contribution is 2.72. The van der Waals surface area contributed by atoms with Gasteiger partial charge in [-0.05, 0) is 70.3 Å². The molecular weight excluding hydrogens is 240 g/mol. The highest BCUT2D eigenvalue weighted by atomic mass is 14.7. The van der Waals surface area contributed by atoms with Crippen LogP contribution in [0.3, 0.4) is 0 Å². The van der Waals surface area contributed by atoms with Crippen molar-refractivity contribution < 1.29 is 0 Å². The molecule has 0 saturated heterocycles. The Kier molecular flexibility index (Phi) is 2.16. The molecule has 0 aromatic heterocycles. The molecule has 4 aliphatic carbocycles. The van der Waals surface area contributed by atoms with Gasteiger partial charge < -0.3 is 0 Å². The van der Waals surface area contributed by atoms with Crippen molar-refractivity contribution in [2.75, 3.05) is 0 Å². The first-order valence-electron chi connectivity index (χ1n) is 8.59. The van der Waals surface area contributed by atoms with E-state index in [1.807, 2.05) is 0 Å². The van der Waals surface area contributed by atoms with Crippen molar-refractivity contribution in [3.8, 4) is 0 Å². The molecule has 4 bridgehead atoms. The molecule has 4 atom stereocenters. The summed E-state index contributed by atoms with van der Waals surface area (Å²) in [6, 6.07) is 0. The van der Waals surface area contributed by atoms with Gasteiger partial charge in [-0.3, -0.25) is 0 Å². The Morgan fingerprint density at radius 1 is 0.900 bits per heavy atom. The van der Waals surface area contributed by atoms with E-state index < -0.39 is 0 Å². The number of hydrogen-bond acceptors (Lipinski definition) is 0. The summed E-state index contributed by atoms with van der Waals surface area (Å²) in [6.45, 7) is 15.1. The zero-order valence-electron chi connectivity index (χ0n) is 14.1. The second-order valence-electron chi connectivity index (χ2n) is 9.61. The van der Waals surface area contributed by atoms with Crippen LogP contribution in [0.1, 0.15) is 67.2 Å². The molecule has 4 aliphatic rings. The van der Waals surface area contributed by atoms with Gasteiger partial charge in [-0.1, -0.05) is 53.7 Å². The molecule has 0 heteroatoms. The van der Waals surface area contributed by atoms with E-state index in [4.69, 9.17) is 0 Å². The summed E-state index contributed by atoms with van der Waals surface area (Å²) in [7, 11) is 0. The molecule has 0 aliphatic heterocycles. The van der Waals surface area contributed by atoms with Gasteiger partial charge in [-0.25, -0.2) is 0 Å². The number of allylic oxidation sites excluding steroid dienone is 4. The number of hydrogen-bond donors (Lipinski definition) is 0. The number of rotatable bonds is 1. The van der Waals surface area contributed by atoms with Crippen LogP contribution in [0.4, 0.5) is 0 Å². The van der Waals surface area contributed by atoms with Crippen molar-refractivity contribution in [1.29, 1.82) is 0 Å². The zero-order valence-corrected chi connectivity index (χ0v) is 14.1. The van der Waals surface area contributed by atoms with Crippen LogP contribution in [-0.2, 0) is 0 Å². The fourth-order valence-electron chi connectivity index (χ4n) is 6.15. The van der Waals surface area contributed by atoms with Crippen molar-refractivity contribution in [3.63, 3.8) is 0 Å². The zero-order chi connectivity index (χ0) is 14.6. The van der Waals surface area contributed by atoms with Crippen molar-refractivity contribution in [2.45, 2.75) is 67.2 Å². The van der Waals surface area contributed by atoms with Crippen LogP contribution in [0.25, 0.3) is 0 Å². The molecule has 0 N–H and O–H groups in total. The van der Waals surface area contributed by atoms with Crippen molar-refractivity contribution >= 4 is 0 Å². The average molecular weight is 270 g/mol. The molecule has 4 rings (SSSR count). The van der Waals surface area contributed by atoms with Gasteiger partial charge in [0.1, 0.15) is 0 Å². The molecular formula is C20H30. The van der Waals surface area contributed by atoms with E-state index in [-0.39, 0.29) is 0 Å². The summed E-state index contributed by atoms with van der Waals surface area (Å²) in [4.78, 5) is 0. The van der Waals surface area contributed by atoms with Crippen molar-refractivity contribution in [2.24, 2.45) is 33.5 Å². The third kappa shape index (κ3) is 1.14. The van der Waals surface area contributed by atoms with Gasteiger partial charge >= 0.3 is 0 Å². The molecule has 2 saturated carbocycles. The van der Waals surface area contributed by atoms with E-state index in [0.29, 0.717) is 21.7 Å². The summed E-state index contributed by atoms with van der Waals surface area (Å²) >= 11 is 0. The Labute approximate surface area is 124 Å². The van der Waals surface area contributed by atoms with Crippen LogP contribution in [0.2, 0.25) is 0 Å². The van der Waals surface area contributed by atoms with Crippen molar-refractivity contribution in [1.82, 2.24) is 0 Å². The lowest BCUT2D eigenvalue weighted by atomic mass is 9.64. The number of fused-ring (bicyclic) bond motifs is 4. The van der Waals surface area contributed by atoms with Crippen LogP contribution < -0.4 is 0 Å². The van der Waals surface area contributed by atoms with E-state index in [0.717, 1.165) is 11.8 Å². The van der Waals surface area contributed by atoms with Crippen LogP contribution in [-0.4, -0.2) is 0 Å². The van der Waals surface area contributed by atoms with E-state index in [2.05, 4.69) is 53.7 Å². The normalized spacial score (nSPS) is 50.5. The molecule has 0 aromatic rings. The smallest absolute Gasteiger partial charge is 0.00186 e. The minimum atomic E-state index is 0.431. The van der Waals surface area contributed by atoms with E-state index in [1.54, 1.807) is 11.1 Å². The molecule has 2 fully saturated rings. The van der Waals surface area contributed by atoms with Gasteiger partial charge in [-0.2, -0.15) is 0 Å². The summed E-state index contributed by atoms with van der Waals surface area (Å²) in [5.41, 5.74) is 5.31. The third-order valence-corrected chi connectivity index (χ3v) is 8.72. The van der Waals surface area contributed by atoms with E-state index in [1.165, 1.54) is 25.7 Å². The summed E-state index contributed by atoms with van der Waals surface area (Å²) in [5, 5.41) is 0. The molecule has 0 radical (unpaired) electrons. The van der Waals surface area contributed by atoms with E-state index in [9.17, 15) is 0 Å². The summed E-state index contributed by atoms with van der Waals surface area (Å²) in [5.74, 6) is 1.63.